The molecule has 1 aliphatic carbocycles. The fraction of sp³-hybridized carbons (Fsp3) is 1.00. The molecule has 0 spiro atoms. The molecule has 0 aromatic heterocycles. The topological polar surface area (TPSA) is 24.5 Å². The third-order valence-corrected chi connectivity index (χ3v) is 4.66. The van der Waals surface area contributed by atoms with E-state index in [1.807, 2.05) is 0 Å². The van der Waals surface area contributed by atoms with Gasteiger partial charge < -0.3 is 15.0 Å². The molecule has 1 aliphatic heterocycles. The molecule has 0 radical (unpaired) electrons. The second kappa shape index (κ2) is 7.05. The molecule has 2 aliphatic rings. The van der Waals surface area contributed by atoms with Gasteiger partial charge in [-0.3, -0.25) is 0 Å². The predicted molar refractivity (Wildman–Crippen MR) is 80.5 cm³/mol. The molecule has 0 amide bonds. The molecule has 19 heavy (non-hydrogen) atoms. The monoisotopic (exact) mass is 268 g/mol. The lowest BCUT2D eigenvalue weighted by atomic mass is 9.79. The fourth-order valence-electron chi connectivity index (χ4n) is 3.06. The first-order chi connectivity index (χ1) is 9.13. The molecule has 1 saturated heterocycles. The van der Waals surface area contributed by atoms with Gasteiger partial charge in [-0.05, 0) is 43.6 Å². The van der Waals surface area contributed by atoms with Gasteiger partial charge in [0.25, 0.3) is 0 Å². The summed E-state index contributed by atoms with van der Waals surface area (Å²) in [7, 11) is 0. The Labute approximate surface area is 119 Å². The van der Waals surface area contributed by atoms with Crippen LogP contribution in [0.25, 0.3) is 0 Å². The molecule has 0 bridgehead atoms. The predicted octanol–water partition coefficient (Wildman–Crippen LogP) is 2.51. The number of rotatable bonds is 8. The van der Waals surface area contributed by atoms with E-state index < -0.39 is 0 Å². The standard InChI is InChI=1S/C16H32N2O/c1-4-18(11-15-5-6-15)13-16(12-17-14(2)3)7-9-19-10-8-16/h14-15,17H,4-13H2,1-3H3. The van der Waals surface area contributed by atoms with Crippen molar-refractivity contribution in [2.75, 3.05) is 39.4 Å². The Balaban J connectivity index is 1.90. The molecule has 0 aromatic carbocycles. The van der Waals surface area contributed by atoms with Crippen LogP contribution in [0, 0.1) is 11.3 Å². The lowest BCUT2D eigenvalue weighted by Crippen LogP contribution is -2.49. The quantitative estimate of drug-likeness (QED) is 0.732. The maximum Gasteiger partial charge on any atom is 0.0472 e. The van der Waals surface area contributed by atoms with Crippen molar-refractivity contribution in [2.24, 2.45) is 11.3 Å². The molecular weight excluding hydrogens is 236 g/mol. The molecule has 112 valence electrons. The van der Waals surface area contributed by atoms with E-state index in [9.17, 15) is 0 Å². The highest BCUT2D eigenvalue weighted by Crippen LogP contribution is 2.34. The summed E-state index contributed by atoms with van der Waals surface area (Å²) in [6.45, 7) is 13.6. The van der Waals surface area contributed by atoms with E-state index in [1.165, 1.54) is 45.3 Å². The van der Waals surface area contributed by atoms with Gasteiger partial charge in [0.15, 0.2) is 0 Å². The molecule has 0 aromatic rings. The average molecular weight is 268 g/mol. The summed E-state index contributed by atoms with van der Waals surface area (Å²) in [6, 6.07) is 0.582. The van der Waals surface area contributed by atoms with Gasteiger partial charge in [0, 0.05) is 38.9 Å². The Morgan fingerprint density at radius 2 is 1.95 bits per heavy atom. The van der Waals surface area contributed by atoms with Gasteiger partial charge in [-0.2, -0.15) is 0 Å². The van der Waals surface area contributed by atoms with Crippen LogP contribution in [-0.2, 0) is 4.74 Å². The third-order valence-electron chi connectivity index (χ3n) is 4.66. The van der Waals surface area contributed by atoms with Crippen LogP contribution < -0.4 is 5.32 Å². The molecule has 2 rings (SSSR count). The molecule has 3 heteroatoms. The smallest absolute Gasteiger partial charge is 0.0472 e. The zero-order valence-electron chi connectivity index (χ0n) is 13.1. The van der Waals surface area contributed by atoms with E-state index in [0.29, 0.717) is 11.5 Å². The second-order valence-electron chi connectivity index (χ2n) is 6.92. The molecule has 3 nitrogen and oxygen atoms in total. The Morgan fingerprint density at radius 1 is 1.26 bits per heavy atom. The Hall–Kier alpha value is -0.120. The normalized spacial score (nSPS) is 23.2. The number of hydrogen-bond donors (Lipinski definition) is 1. The highest BCUT2D eigenvalue weighted by Gasteiger charge is 2.35. The number of nitrogens with zero attached hydrogens (tertiary/aromatic N) is 1. The minimum Gasteiger partial charge on any atom is -0.381 e. The maximum absolute atomic E-state index is 5.59. The summed E-state index contributed by atoms with van der Waals surface area (Å²) in [4.78, 5) is 2.69. The van der Waals surface area contributed by atoms with E-state index in [2.05, 4.69) is 31.0 Å². The Bertz CT molecular complexity index is 257. The van der Waals surface area contributed by atoms with Crippen LogP contribution in [0.4, 0.5) is 0 Å². The summed E-state index contributed by atoms with van der Waals surface area (Å²) >= 11 is 0. The summed E-state index contributed by atoms with van der Waals surface area (Å²) in [5, 5.41) is 3.67. The van der Waals surface area contributed by atoms with E-state index >= 15 is 0 Å². The van der Waals surface area contributed by atoms with Crippen molar-refractivity contribution < 1.29 is 4.74 Å². The van der Waals surface area contributed by atoms with Gasteiger partial charge in [0.1, 0.15) is 0 Å². The zero-order valence-corrected chi connectivity index (χ0v) is 13.1. The van der Waals surface area contributed by atoms with Crippen LogP contribution in [0.3, 0.4) is 0 Å². The summed E-state index contributed by atoms with van der Waals surface area (Å²) in [5.74, 6) is 0.995. The lowest BCUT2D eigenvalue weighted by Gasteiger charge is -2.41. The van der Waals surface area contributed by atoms with Crippen LogP contribution in [0.5, 0.6) is 0 Å². The van der Waals surface area contributed by atoms with Crippen molar-refractivity contribution >= 4 is 0 Å². The van der Waals surface area contributed by atoms with Crippen LogP contribution in [0.15, 0.2) is 0 Å². The maximum atomic E-state index is 5.59. The van der Waals surface area contributed by atoms with Gasteiger partial charge >= 0.3 is 0 Å². The molecule has 1 N–H and O–H groups in total. The highest BCUT2D eigenvalue weighted by atomic mass is 16.5. The van der Waals surface area contributed by atoms with Crippen molar-refractivity contribution in [3.05, 3.63) is 0 Å². The average Bonchev–Trinajstić information content (AvgIpc) is 3.21. The van der Waals surface area contributed by atoms with E-state index in [1.54, 1.807) is 0 Å². The van der Waals surface area contributed by atoms with Crippen LogP contribution in [0.1, 0.15) is 46.5 Å². The minimum atomic E-state index is 0.438. The first-order valence-corrected chi connectivity index (χ1v) is 8.17. The third kappa shape index (κ3) is 5.05. The van der Waals surface area contributed by atoms with Crippen molar-refractivity contribution in [1.29, 1.82) is 0 Å². The Morgan fingerprint density at radius 3 is 2.47 bits per heavy atom. The van der Waals surface area contributed by atoms with Gasteiger partial charge in [0.2, 0.25) is 0 Å². The van der Waals surface area contributed by atoms with Crippen LogP contribution in [-0.4, -0.2) is 50.3 Å². The van der Waals surface area contributed by atoms with Crippen molar-refractivity contribution in [3.63, 3.8) is 0 Å². The number of hydrogen-bond acceptors (Lipinski definition) is 3. The number of ether oxygens (including phenoxy) is 1. The van der Waals surface area contributed by atoms with Crippen molar-refractivity contribution in [2.45, 2.75) is 52.5 Å². The highest BCUT2D eigenvalue weighted by molar-refractivity contribution is 4.89. The summed E-state index contributed by atoms with van der Waals surface area (Å²) in [6.07, 6.45) is 5.34. The molecule has 0 atom stereocenters. The minimum absolute atomic E-state index is 0.438. The fourth-order valence-corrected chi connectivity index (χ4v) is 3.06. The first kappa shape index (κ1) is 15.3. The molecule has 1 heterocycles. The van der Waals surface area contributed by atoms with Gasteiger partial charge in [-0.15, -0.1) is 0 Å². The van der Waals surface area contributed by atoms with Gasteiger partial charge in [0.05, 0.1) is 0 Å². The van der Waals surface area contributed by atoms with Crippen molar-refractivity contribution in [1.82, 2.24) is 10.2 Å². The summed E-state index contributed by atoms with van der Waals surface area (Å²) < 4.78 is 5.59. The van der Waals surface area contributed by atoms with Crippen LogP contribution in [0.2, 0.25) is 0 Å². The lowest BCUT2D eigenvalue weighted by molar-refractivity contribution is -0.00515. The molecular formula is C16H32N2O. The largest absolute Gasteiger partial charge is 0.381 e. The number of nitrogens with one attached hydrogen (secondary N) is 1. The van der Waals surface area contributed by atoms with E-state index in [0.717, 1.165) is 25.7 Å². The second-order valence-corrected chi connectivity index (χ2v) is 6.92. The van der Waals surface area contributed by atoms with Crippen molar-refractivity contribution in [3.8, 4) is 0 Å². The molecule has 2 fully saturated rings. The van der Waals surface area contributed by atoms with E-state index in [4.69, 9.17) is 4.74 Å². The van der Waals surface area contributed by atoms with Crippen LogP contribution >= 0.6 is 0 Å². The van der Waals surface area contributed by atoms with Gasteiger partial charge in [-0.1, -0.05) is 20.8 Å². The molecule has 0 unspecified atom stereocenters. The molecule has 1 saturated carbocycles. The Kier molecular flexibility index (Phi) is 5.67. The van der Waals surface area contributed by atoms with Gasteiger partial charge in [-0.25, -0.2) is 0 Å². The SMILES string of the molecule is CCN(CC1CC1)CC1(CNC(C)C)CCOCC1. The van der Waals surface area contributed by atoms with E-state index in [-0.39, 0.29) is 0 Å². The zero-order chi connectivity index (χ0) is 13.7. The first-order valence-electron chi connectivity index (χ1n) is 8.17. The summed E-state index contributed by atoms with van der Waals surface area (Å²) in [5.41, 5.74) is 0.438.